The molecule has 0 aliphatic carbocycles. The summed E-state index contributed by atoms with van der Waals surface area (Å²) in [5.41, 5.74) is 2.18. The molecule has 1 unspecified atom stereocenters. The highest BCUT2D eigenvalue weighted by Gasteiger charge is 2.17. The first kappa shape index (κ1) is 12.6. The number of likely N-dealkylation sites (N-methyl/N-ethyl adjacent to an activating group) is 1. The molecule has 0 spiro atoms. The Kier molecular flexibility index (Phi) is 4.35. The normalized spacial score (nSPS) is 12.0. The minimum Gasteiger partial charge on any atom is -0.480 e. The van der Waals surface area contributed by atoms with E-state index >= 15 is 0 Å². The van der Waals surface area contributed by atoms with E-state index in [1.54, 1.807) is 7.05 Å². The Hall–Kier alpha value is -1.51. The van der Waals surface area contributed by atoms with Crippen LogP contribution in [0.15, 0.2) is 18.2 Å². The average molecular weight is 221 g/mol. The monoisotopic (exact) mass is 221 g/mol. The highest BCUT2D eigenvalue weighted by molar-refractivity contribution is 5.80. The summed E-state index contributed by atoms with van der Waals surface area (Å²) in [6.45, 7) is 5.92. The summed E-state index contributed by atoms with van der Waals surface area (Å²) in [6, 6.07) is 5.99. The van der Waals surface area contributed by atoms with E-state index in [1.807, 2.05) is 39.0 Å². The van der Waals surface area contributed by atoms with E-state index in [0.29, 0.717) is 6.42 Å². The predicted molar refractivity (Wildman–Crippen MR) is 64.7 cm³/mol. The Morgan fingerprint density at radius 3 is 2.69 bits per heavy atom. The van der Waals surface area contributed by atoms with Gasteiger partial charge in [0.2, 0.25) is 0 Å². The fraction of sp³-hybridized carbons (Fsp3) is 0.462. The molecule has 0 saturated carbocycles. The summed E-state index contributed by atoms with van der Waals surface area (Å²) in [4.78, 5) is 11.5. The Bertz CT molecular complexity index is 374. The van der Waals surface area contributed by atoms with Crippen LogP contribution in [-0.2, 0) is 4.79 Å². The minimum absolute atomic E-state index is 0.0802. The fourth-order valence-electron chi connectivity index (χ4n) is 1.47. The lowest BCUT2D eigenvalue weighted by Crippen LogP contribution is -2.35. The van der Waals surface area contributed by atoms with Crippen molar-refractivity contribution in [2.45, 2.75) is 33.3 Å². The van der Waals surface area contributed by atoms with Gasteiger partial charge in [0, 0.05) is 7.05 Å². The predicted octanol–water partition coefficient (Wildman–Crippen LogP) is 2.21. The van der Waals surface area contributed by atoms with Crippen LogP contribution >= 0.6 is 0 Å². The summed E-state index contributed by atoms with van der Waals surface area (Å²) in [7, 11) is 1.62. The van der Waals surface area contributed by atoms with Gasteiger partial charge < -0.3 is 10.1 Å². The lowest BCUT2D eigenvalue weighted by Gasteiger charge is -2.17. The first-order valence-corrected chi connectivity index (χ1v) is 5.54. The highest BCUT2D eigenvalue weighted by Crippen LogP contribution is 2.21. The molecule has 1 rings (SSSR count). The molecule has 3 heteroatoms. The Labute approximate surface area is 96.8 Å². The molecule has 1 aromatic rings. The summed E-state index contributed by atoms with van der Waals surface area (Å²) in [5, 5.41) is 2.61. The first-order valence-electron chi connectivity index (χ1n) is 5.54. The van der Waals surface area contributed by atoms with Gasteiger partial charge in [-0.05, 0) is 37.5 Å². The van der Waals surface area contributed by atoms with Gasteiger partial charge in [-0.3, -0.25) is 4.79 Å². The SMILES string of the molecule is CCC(Oc1cc(C)ccc1C)C(=O)NC. The summed E-state index contributed by atoms with van der Waals surface area (Å²) < 4.78 is 5.72. The maximum absolute atomic E-state index is 11.5. The van der Waals surface area contributed by atoms with Gasteiger partial charge >= 0.3 is 0 Å². The minimum atomic E-state index is -0.412. The molecule has 88 valence electrons. The van der Waals surface area contributed by atoms with Crippen LogP contribution in [-0.4, -0.2) is 19.1 Å². The van der Waals surface area contributed by atoms with E-state index in [9.17, 15) is 4.79 Å². The van der Waals surface area contributed by atoms with Crippen molar-refractivity contribution in [3.8, 4) is 5.75 Å². The maximum Gasteiger partial charge on any atom is 0.260 e. The third-order valence-corrected chi connectivity index (χ3v) is 2.52. The van der Waals surface area contributed by atoms with E-state index in [0.717, 1.165) is 16.9 Å². The van der Waals surface area contributed by atoms with Crippen molar-refractivity contribution < 1.29 is 9.53 Å². The lowest BCUT2D eigenvalue weighted by atomic mass is 10.1. The van der Waals surface area contributed by atoms with Gasteiger partial charge in [-0.15, -0.1) is 0 Å². The topological polar surface area (TPSA) is 38.3 Å². The zero-order valence-electron chi connectivity index (χ0n) is 10.3. The smallest absolute Gasteiger partial charge is 0.260 e. The highest BCUT2D eigenvalue weighted by atomic mass is 16.5. The third-order valence-electron chi connectivity index (χ3n) is 2.52. The second kappa shape index (κ2) is 5.54. The number of carbonyl (C=O) groups is 1. The standard InChI is InChI=1S/C13H19NO2/c1-5-11(13(15)14-4)16-12-8-9(2)6-7-10(12)3/h6-8,11H,5H2,1-4H3,(H,14,15). The van der Waals surface area contributed by atoms with Gasteiger partial charge in [0.25, 0.3) is 5.91 Å². The Morgan fingerprint density at radius 1 is 1.44 bits per heavy atom. The quantitative estimate of drug-likeness (QED) is 0.846. The second-order valence-corrected chi connectivity index (χ2v) is 3.90. The molecule has 3 nitrogen and oxygen atoms in total. The molecule has 1 N–H and O–H groups in total. The number of hydrogen-bond acceptors (Lipinski definition) is 2. The van der Waals surface area contributed by atoms with Crippen molar-refractivity contribution in [1.82, 2.24) is 5.32 Å². The van der Waals surface area contributed by atoms with Crippen molar-refractivity contribution in [2.24, 2.45) is 0 Å². The van der Waals surface area contributed by atoms with Crippen LogP contribution in [0, 0.1) is 13.8 Å². The third kappa shape index (κ3) is 2.99. The average Bonchev–Trinajstić information content (AvgIpc) is 2.29. The number of amides is 1. The second-order valence-electron chi connectivity index (χ2n) is 3.90. The summed E-state index contributed by atoms with van der Waals surface area (Å²) in [5.74, 6) is 0.707. The number of rotatable bonds is 4. The van der Waals surface area contributed by atoms with Gasteiger partial charge in [-0.25, -0.2) is 0 Å². The summed E-state index contributed by atoms with van der Waals surface area (Å²) >= 11 is 0. The van der Waals surface area contributed by atoms with Gasteiger partial charge in [0.05, 0.1) is 0 Å². The molecular formula is C13H19NO2. The zero-order chi connectivity index (χ0) is 12.1. The number of benzene rings is 1. The molecule has 0 aliphatic rings. The summed E-state index contributed by atoms with van der Waals surface area (Å²) in [6.07, 6.45) is 0.248. The van der Waals surface area contributed by atoms with Crippen molar-refractivity contribution in [3.63, 3.8) is 0 Å². The first-order chi connectivity index (χ1) is 7.58. The van der Waals surface area contributed by atoms with Gasteiger partial charge in [-0.2, -0.15) is 0 Å². The van der Waals surface area contributed by atoms with Crippen LogP contribution in [0.3, 0.4) is 0 Å². The number of nitrogens with one attached hydrogen (secondary N) is 1. The largest absolute Gasteiger partial charge is 0.480 e. The lowest BCUT2D eigenvalue weighted by molar-refractivity contribution is -0.127. The van der Waals surface area contributed by atoms with E-state index in [-0.39, 0.29) is 5.91 Å². The van der Waals surface area contributed by atoms with Crippen molar-refractivity contribution in [1.29, 1.82) is 0 Å². The molecule has 16 heavy (non-hydrogen) atoms. The molecule has 0 bridgehead atoms. The maximum atomic E-state index is 11.5. The van der Waals surface area contributed by atoms with Crippen molar-refractivity contribution in [3.05, 3.63) is 29.3 Å². The van der Waals surface area contributed by atoms with Crippen LogP contribution in [0.5, 0.6) is 5.75 Å². The number of aryl methyl sites for hydroxylation is 2. The molecule has 0 aliphatic heterocycles. The van der Waals surface area contributed by atoms with Crippen LogP contribution in [0.2, 0.25) is 0 Å². The zero-order valence-corrected chi connectivity index (χ0v) is 10.3. The Balaban J connectivity index is 2.85. The van der Waals surface area contributed by atoms with Crippen molar-refractivity contribution >= 4 is 5.91 Å². The van der Waals surface area contributed by atoms with Crippen molar-refractivity contribution in [2.75, 3.05) is 7.05 Å². The molecule has 0 radical (unpaired) electrons. The molecular weight excluding hydrogens is 202 g/mol. The van der Waals surface area contributed by atoms with E-state index in [1.165, 1.54) is 0 Å². The van der Waals surface area contributed by atoms with E-state index in [2.05, 4.69) is 5.32 Å². The molecule has 1 aromatic carbocycles. The van der Waals surface area contributed by atoms with Gasteiger partial charge in [0.15, 0.2) is 6.10 Å². The van der Waals surface area contributed by atoms with Crippen LogP contribution in [0.1, 0.15) is 24.5 Å². The molecule has 1 atom stereocenters. The molecule has 0 aromatic heterocycles. The fourth-order valence-corrected chi connectivity index (χ4v) is 1.47. The van der Waals surface area contributed by atoms with E-state index < -0.39 is 6.10 Å². The molecule has 0 saturated heterocycles. The van der Waals surface area contributed by atoms with Gasteiger partial charge in [0.1, 0.15) is 5.75 Å². The van der Waals surface area contributed by atoms with Crippen LogP contribution in [0.25, 0.3) is 0 Å². The van der Waals surface area contributed by atoms with Crippen LogP contribution < -0.4 is 10.1 Å². The van der Waals surface area contributed by atoms with Gasteiger partial charge in [-0.1, -0.05) is 19.1 Å². The molecule has 1 amide bonds. The molecule has 0 heterocycles. The van der Waals surface area contributed by atoms with E-state index in [4.69, 9.17) is 4.74 Å². The number of ether oxygens (including phenoxy) is 1. The Morgan fingerprint density at radius 2 is 2.12 bits per heavy atom. The number of carbonyl (C=O) groups excluding carboxylic acids is 1. The van der Waals surface area contributed by atoms with Crippen LogP contribution in [0.4, 0.5) is 0 Å². The number of hydrogen-bond donors (Lipinski definition) is 1. The molecule has 0 fully saturated rings.